The van der Waals surface area contributed by atoms with Gasteiger partial charge in [0.25, 0.3) is 0 Å². The van der Waals surface area contributed by atoms with Crippen LogP contribution in [0, 0.1) is 5.82 Å². The van der Waals surface area contributed by atoms with E-state index >= 15 is 0 Å². The first-order chi connectivity index (χ1) is 12.3. The van der Waals surface area contributed by atoms with Crippen LogP contribution in [0.5, 0.6) is 0 Å². The van der Waals surface area contributed by atoms with Crippen molar-refractivity contribution in [3.8, 4) is 0 Å². The predicted molar refractivity (Wildman–Crippen MR) is 103 cm³/mol. The van der Waals surface area contributed by atoms with Crippen LogP contribution in [0.1, 0.15) is 31.2 Å². The molecule has 2 atom stereocenters. The molecule has 26 heavy (non-hydrogen) atoms. The van der Waals surface area contributed by atoms with Crippen molar-refractivity contribution in [2.24, 2.45) is 9.98 Å². The van der Waals surface area contributed by atoms with Crippen LogP contribution in [-0.4, -0.2) is 55.6 Å². The summed E-state index contributed by atoms with van der Waals surface area (Å²) in [4.78, 5) is 10.0. The van der Waals surface area contributed by atoms with Gasteiger partial charge in [-0.25, -0.2) is 17.8 Å². The van der Waals surface area contributed by atoms with Gasteiger partial charge in [-0.3, -0.25) is 9.89 Å². The largest absolute Gasteiger partial charge is 0.284 e. The summed E-state index contributed by atoms with van der Waals surface area (Å²) in [6.07, 6.45) is 6.04. The summed E-state index contributed by atoms with van der Waals surface area (Å²) in [5, 5.41) is -0.739. The zero-order valence-corrected chi connectivity index (χ0v) is 15.7. The van der Waals surface area contributed by atoms with E-state index in [0.717, 1.165) is 18.4 Å². The molecule has 1 aromatic carbocycles. The molecule has 2 aliphatic rings. The Morgan fingerprint density at radius 3 is 2.73 bits per heavy atom. The Morgan fingerprint density at radius 2 is 2.15 bits per heavy atom. The quantitative estimate of drug-likeness (QED) is 0.716. The number of halogens is 1. The minimum atomic E-state index is -3.46. The van der Waals surface area contributed by atoms with Crippen LogP contribution in [0.4, 0.5) is 4.39 Å². The van der Waals surface area contributed by atoms with Crippen LogP contribution >= 0.6 is 0 Å². The van der Waals surface area contributed by atoms with Crippen molar-refractivity contribution in [3.05, 3.63) is 48.3 Å². The second kappa shape index (κ2) is 7.40. The van der Waals surface area contributed by atoms with Crippen LogP contribution < -0.4 is 0 Å². The van der Waals surface area contributed by atoms with E-state index < -0.39 is 20.8 Å². The summed E-state index contributed by atoms with van der Waals surface area (Å²) < 4.78 is 39.3. The van der Waals surface area contributed by atoms with E-state index in [-0.39, 0.29) is 17.5 Å². The Morgan fingerprint density at radius 1 is 1.42 bits per heavy atom. The lowest BCUT2D eigenvalue weighted by molar-refractivity contribution is 0.212. The van der Waals surface area contributed by atoms with Crippen molar-refractivity contribution in [1.29, 1.82) is 0 Å². The molecule has 0 saturated carbocycles. The average Bonchev–Trinajstić information content (AvgIpc) is 3.01. The van der Waals surface area contributed by atoms with Gasteiger partial charge in [0.1, 0.15) is 23.1 Å². The molecule has 0 N–H and O–H groups in total. The molecule has 3 rings (SSSR count). The highest BCUT2D eigenvalue weighted by molar-refractivity contribution is 7.92. The van der Waals surface area contributed by atoms with Gasteiger partial charge in [0, 0.05) is 19.3 Å². The van der Waals surface area contributed by atoms with Gasteiger partial charge >= 0.3 is 0 Å². The van der Waals surface area contributed by atoms with Gasteiger partial charge in [-0.1, -0.05) is 18.2 Å². The zero-order chi connectivity index (χ0) is 18.8. The number of nitrogens with zero attached hydrogens (tertiary/aromatic N) is 3. The standard InChI is InChI=1S/C19H24FN3O2S/c1-3-18(26(24,25)13-19(2)12-21-14-22-19)23-9-7-15(8-10-23)16-5-4-6-17(20)11-16/h3-6,11-12,14-15,18H,1,7-10,13H2,2H3. The highest BCUT2D eigenvalue weighted by atomic mass is 32.2. The van der Waals surface area contributed by atoms with E-state index in [1.54, 1.807) is 25.3 Å². The molecule has 0 spiro atoms. The van der Waals surface area contributed by atoms with Crippen LogP contribution in [0.25, 0.3) is 0 Å². The second-order valence-corrected chi connectivity index (χ2v) is 9.28. The van der Waals surface area contributed by atoms with Gasteiger partial charge in [0.05, 0.1) is 5.75 Å². The van der Waals surface area contributed by atoms with Crippen molar-refractivity contribution in [2.45, 2.75) is 36.6 Å². The molecule has 2 heterocycles. The van der Waals surface area contributed by atoms with E-state index in [1.165, 1.54) is 18.5 Å². The fraction of sp³-hybridized carbons (Fsp3) is 0.474. The Hall–Kier alpha value is -1.86. The summed E-state index contributed by atoms with van der Waals surface area (Å²) in [7, 11) is -3.46. The smallest absolute Gasteiger partial charge is 0.172 e. The van der Waals surface area contributed by atoms with Crippen molar-refractivity contribution in [2.75, 3.05) is 18.8 Å². The van der Waals surface area contributed by atoms with E-state index in [0.29, 0.717) is 13.1 Å². The van der Waals surface area contributed by atoms with Gasteiger partial charge in [0.2, 0.25) is 0 Å². The molecule has 140 valence electrons. The van der Waals surface area contributed by atoms with Crippen molar-refractivity contribution in [3.63, 3.8) is 0 Å². The Kier molecular flexibility index (Phi) is 5.39. The Balaban J connectivity index is 1.67. The summed E-state index contributed by atoms with van der Waals surface area (Å²) >= 11 is 0. The summed E-state index contributed by atoms with van der Waals surface area (Å²) in [6.45, 7) is 6.76. The monoisotopic (exact) mass is 377 g/mol. The summed E-state index contributed by atoms with van der Waals surface area (Å²) in [6, 6.07) is 6.66. The maximum atomic E-state index is 13.4. The number of likely N-dealkylation sites (tertiary alicyclic amines) is 1. The van der Waals surface area contributed by atoms with Gasteiger partial charge in [-0.2, -0.15) is 0 Å². The average molecular weight is 377 g/mol. The maximum Gasteiger partial charge on any atom is 0.172 e. The van der Waals surface area contributed by atoms with Crippen molar-refractivity contribution < 1.29 is 12.8 Å². The van der Waals surface area contributed by atoms with Gasteiger partial charge < -0.3 is 0 Å². The Labute approximate surface area is 154 Å². The molecule has 1 aromatic rings. The van der Waals surface area contributed by atoms with E-state index in [1.807, 2.05) is 11.0 Å². The molecule has 1 saturated heterocycles. The number of sulfone groups is 1. The third-order valence-electron chi connectivity index (χ3n) is 5.04. The first-order valence-corrected chi connectivity index (χ1v) is 10.5. The third-order valence-corrected chi connectivity index (χ3v) is 7.26. The SMILES string of the molecule is C=CC(N1CCC(c2cccc(F)c2)CC1)S(=O)(=O)CC1(C)C=NC=N1. The molecular formula is C19H24FN3O2S. The van der Waals surface area contributed by atoms with Gasteiger partial charge in [-0.15, -0.1) is 6.58 Å². The topological polar surface area (TPSA) is 62.1 Å². The molecule has 2 unspecified atom stereocenters. The summed E-state index contributed by atoms with van der Waals surface area (Å²) in [5.41, 5.74) is 0.173. The number of benzene rings is 1. The normalized spacial score (nSPS) is 25.5. The number of hydrogen-bond donors (Lipinski definition) is 0. The molecule has 5 nitrogen and oxygen atoms in total. The highest BCUT2D eigenvalue weighted by Gasteiger charge is 2.38. The van der Waals surface area contributed by atoms with Crippen LogP contribution in [0.2, 0.25) is 0 Å². The van der Waals surface area contributed by atoms with E-state index in [9.17, 15) is 12.8 Å². The molecule has 2 aliphatic heterocycles. The fourth-order valence-corrected chi connectivity index (χ4v) is 5.82. The Bertz CT molecular complexity index is 815. The predicted octanol–water partition coefficient (Wildman–Crippen LogP) is 2.80. The lowest BCUT2D eigenvalue weighted by Gasteiger charge is -2.36. The number of hydrogen-bond acceptors (Lipinski definition) is 5. The van der Waals surface area contributed by atoms with Gasteiger partial charge in [0.15, 0.2) is 9.84 Å². The molecule has 0 aromatic heterocycles. The van der Waals surface area contributed by atoms with Crippen LogP contribution in [-0.2, 0) is 9.84 Å². The van der Waals surface area contributed by atoms with Crippen molar-refractivity contribution >= 4 is 22.4 Å². The second-order valence-electron chi connectivity index (χ2n) is 7.18. The lowest BCUT2D eigenvalue weighted by atomic mass is 9.89. The first kappa shape index (κ1) is 18.9. The van der Waals surface area contributed by atoms with Gasteiger partial charge in [-0.05, 0) is 43.4 Å². The lowest BCUT2D eigenvalue weighted by Crippen LogP contribution is -2.47. The van der Waals surface area contributed by atoms with Crippen LogP contribution in [0.15, 0.2) is 46.9 Å². The fourth-order valence-electron chi connectivity index (χ4n) is 3.73. The highest BCUT2D eigenvalue weighted by Crippen LogP contribution is 2.31. The molecule has 7 heteroatoms. The summed E-state index contributed by atoms with van der Waals surface area (Å²) in [5.74, 6) is -0.0803. The zero-order valence-electron chi connectivity index (χ0n) is 14.9. The third kappa shape index (κ3) is 4.10. The first-order valence-electron chi connectivity index (χ1n) is 8.75. The minimum absolute atomic E-state index is 0.0967. The molecule has 0 radical (unpaired) electrons. The molecular weight excluding hydrogens is 353 g/mol. The van der Waals surface area contributed by atoms with Crippen molar-refractivity contribution in [1.82, 2.24) is 4.90 Å². The molecule has 0 amide bonds. The van der Waals surface area contributed by atoms with Crippen LogP contribution in [0.3, 0.4) is 0 Å². The molecule has 0 bridgehead atoms. The maximum absolute atomic E-state index is 13.4. The number of piperidine rings is 1. The number of aliphatic imine (C=N–C) groups is 2. The minimum Gasteiger partial charge on any atom is -0.284 e. The molecule has 1 fully saturated rings. The number of rotatable bonds is 6. The van der Waals surface area contributed by atoms with E-state index in [2.05, 4.69) is 16.6 Å². The van der Waals surface area contributed by atoms with E-state index in [4.69, 9.17) is 0 Å². The molecule has 0 aliphatic carbocycles.